The normalized spacial score (nSPS) is 15.3. The van der Waals surface area contributed by atoms with E-state index in [1.165, 1.54) is 17.0 Å². The number of nitrogens with one attached hydrogen (secondary N) is 1. The molecule has 0 radical (unpaired) electrons. The molecule has 3 aromatic carbocycles. The number of amides is 2. The summed E-state index contributed by atoms with van der Waals surface area (Å²) in [4.78, 5) is 27.4. The molecule has 4 aromatic rings. The van der Waals surface area contributed by atoms with E-state index < -0.39 is 11.8 Å². The quantitative estimate of drug-likeness (QED) is 0.240. The van der Waals surface area contributed by atoms with Crippen LogP contribution in [-0.2, 0) is 16.1 Å². The number of hydrogen-bond acceptors (Lipinski definition) is 3. The maximum absolute atomic E-state index is 13.4. The van der Waals surface area contributed by atoms with Crippen molar-refractivity contribution in [3.05, 3.63) is 107 Å². The Labute approximate surface area is 205 Å². The Morgan fingerprint density at radius 1 is 0.971 bits per heavy atom. The van der Waals surface area contributed by atoms with Crippen LogP contribution in [0.3, 0.4) is 0 Å². The van der Waals surface area contributed by atoms with E-state index in [9.17, 15) is 14.0 Å². The Bertz CT molecular complexity index is 1490. The van der Waals surface area contributed by atoms with Gasteiger partial charge in [-0.1, -0.05) is 54.1 Å². The predicted molar refractivity (Wildman–Crippen MR) is 135 cm³/mol. The Morgan fingerprint density at radius 2 is 1.68 bits per heavy atom. The number of anilines is 1. The van der Waals surface area contributed by atoms with Gasteiger partial charge < -0.3 is 4.57 Å². The number of halogens is 2. The third kappa shape index (κ3) is 4.00. The van der Waals surface area contributed by atoms with Crippen molar-refractivity contribution in [3.63, 3.8) is 0 Å². The first-order chi connectivity index (χ1) is 16.4. The number of benzene rings is 3. The summed E-state index contributed by atoms with van der Waals surface area (Å²) in [6, 6.07) is 20.8. The Hall–Kier alpha value is -3.81. The average Bonchev–Trinajstić information content (AvgIpc) is 3.16. The SMILES string of the molecule is O=C1NC(=S)N(c2ccccc2Cl)C(=O)/C1=C/c1cn(Cc2ccc(F)cc2)c2ccccc12. The van der Waals surface area contributed by atoms with Gasteiger partial charge >= 0.3 is 0 Å². The zero-order chi connectivity index (χ0) is 23.8. The summed E-state index contributed by atoms with van der Waals surface area (Å²) >= 11 is 11.5. The van der Waals surface area contributed by atoms with Crippen LogP contribution in [0.4, 0.5) is 10.1 Å². The fourth-order valence-electron chi connectivity index (χ4n) is 3.97. The van der Waals surface area contributed by atoms with Crippen molar-refractivity contribution in [1.82, 2.24) is 9.88 Å². The molecular weight excluding hydrogens is 473 g/mol. The topological polar surface area (TPSA) is 54.3 Å². The number of para-hydroxylation sites is 2. The molecule has 1 aliphatic heterocycles. The van der Waals surface area contributed by atoms with Crippen LogP contribution < -0.4 is 10.2 Å². The monoisotopic (exact) mass is 489 g/mol. The minimum absolute atomic E-state index is 0.0287. The van der Waals surface area contributed by atoms with E-state index >= 15 is 0 Å². The van der Waals surface area contributed by atoms with Crippen LogP contribution in [0.25, 0.3) is 17.0 Å². The first-order valence-electron chi connectivity index (χ1n) is 10.4. The molecule has 5 nitrogen and oxygen atoms in total. The minimum atomic E-state index is -0.575. The lowest BCUT2D eigenvalue weighted by Gasteiger charge is -2.29. The fourth-order valence-corrected chi connectivity index (χ4v) is 4.47. The maximum Gasteiger partial charge on any atom is 0.270 e. The van der Waals surface area contributed by atoms with Gasteiger partial charge in [-0.05, 0) is 54.2 Å². The lowest BCUT2D eigenvalue weighted by Crippen LogP contribution is -2.54. The zero-order valence-electron chi connectivity index (χ0n) is 17.7. The predicted octanol–water partition coefficient (Wildman–Crippen LogP) is 5.31. The van der Waals surface area contributed by atoms with Crippen LogP contribution in [0.5, 0.6) is 0 Å². The van der Waals surface area contributed by atoms with Gasteiger partial charge in [0.05, 0.1) is 10.7 Å². The molecule has 0 atom stereocenters. The molecule has 1 aromatic heterocycles. The highest BCUT2D eigenvalue weighted by atomic mass is 35.5. The smallest absolute Gasteiger partial charge is 0.270 e. The van der Waals surface area contributed by atoms with Gasteiger partial charge in [-0.3, -0.25) is 19.8 Å². The number of thiocarbonyl (C=S) groups is 1. The van der Waals surface area contributed by atoms with Crippen LogP contribution in [-0.4, -0.2) is 21.5 Å². The zero-order valence-corrected chi connectivity index (χ0v) is 19.2. The van der Waals surface area contributed by atoms with Crippen LogP contribution in [0.2, 0.25) is 5.02 Å². The van der Waals surface area contributed by atoms with Crippen molar-refractivity contribution in [1.29, 1.82) is 0 Å². The molecule has 168 valence electrons. The van der Waals surface area contributed by atoms with Crippen molar-refractivity contribution in [2.24, 2.45) is 0 Å². The largest absolute Gasteiger partial charge is 0.342 e. The first kappa shape index (κ1) is 22.0. The van der Waals surface area contributed by atoms with Crippen LogP contribution in [0.1, 0.15) is 11.1 Å². The molecule has 8 heteroatoms. The Balaban J connectivity index is 1.57. The average molecular weight is 490 g/mol. The molecule has 1 N–H and O–H groups in total. The third-order valence-corrected chi connectivity index (χ3v) is 6.18. The molecule has 0 saturated carbocycles. The summed E-state index contributed by atoms with van der Waals surface area (Å²) in [6.07, 6.45) is 3.43. The summed E-state index contributed by atoms with van der Waals surface area (Å²) < 4.78 is 15.3. The molecule has 0 unspecified atom stereocenters. The van der Waals surface area contributed by atoms with Crippen molar-refractivity contribution >= 4 is 63.4 Å². The van der Waals surface area contributed by atoms with Gasteiger partial charge in [-0.15, -0.1) is 0 Å². The second kappa shape index (κ2) is 8.85. The summed E-state index contributed by atoms with van der Waals surface area (Å²) in [6.45, 7) is 0.500. The van der Waals surface area contributed by atoms with E-state index in [0.29, 0.717) is 22.8 Å². The van der Waals surface area contributed by atoms with Crippen LogP contribution in [0, 0.1) is 5.82 Å². The number of fused-ring (bicyclic) bond motifs is 1. The van der Waals surface area contributed by atoms with Gasteiger partial charge in [0.15, 0.2) is 5.11 Å². The number of aromatic nitrogens is 1. The van der Waals surface area contributed by atoms with Gasteiger partial charge in [-0.2, -0.15) is 0 Å². The van der Waals surface area contributed by atoms with E-state index in [1.54, 1.807) is 42.5 Å². The summed E-state index contributed by atoms with van der Waals surface area (Å²) in [5.74, 6) is -1.43. The summed E-state index contributed by atoms with van der Waals surface area (Å²) in [7, 11) is 0. The van der Waals surface area contributed by atoms with E-state index in [-0.39, 0.29) is 16.5 Å². The van der Waals surface area contributed by atoms with Crippen LogP contribution in [0.15, 0.2) is 84.6 Å². The van der Waals surface area contributed by atoms with Gasteiger partial charge in [-0.25, -0.2) is 4.39 Å². The second-order valence-corrected chi connectivity index (χ2v) is 8.56. The molecule has 5 rings (SSSR count). The fraction of sp³-hybridized carbons (Fsp3) is 0.0385. The van der Waals surface area contributed by atoms with Crippen molar-refractivity contribution in [2.45, 2.75) is 6.54 Å². The standard InChI is InChI=1S/C26H17ClFN3O2S/c27-21-6-2-4-8-23(21)31-25(33)20(24(32)29-26(31)34)13-17-15-30(22-7-3-1-5-19(17)22)14-16-9-11-18(28)12-10-16/h1-13,15H,14H2,(H,29,32,34)/b20-13+. The molecule has 2 amide bonds. The Kier molecular flexibility index (Phi) is 5.73. The highest BCUT2D eigenvalue weighted by Gasteiger charge is 2.35. The minimum Gasteiger partial charge on any atom is -0.342 e. The van der Waals surface area contributed by atoms with Crippen molar-refractivity contribution in [2.75, 3.05) is 4.90 Å². The van der Waals surface area contributed by atoms with E-state index in [4.69, 9.17) is 23.8 Å². The molecule has 1 saturated heterocycles. The lowest BCUT2D eigenvalue weighted by atomic mass is 10.1. The summed E-state index contributed by atoms with van der Waals surface area (Å²) in [5, 5.41) is 3.76. The van der Waals surface area contributed by atoms with Crippen LogP contribution >= 0.6 is 23.8 Å². The van der Waals surface area contributed by atoms with Gasteiger partial charge in [0, 0.05) is 29.2 Å². The number of carbonyl (C=O) groups is 2. The van der Waals surface area contributed by atoms with Gasteiger partial charge in [0.2, 0.25) is 0 Å². The van der Waals surface area contributed by atoms with Crippen molar-refractivity contribution in [3.8, 4) is 0 Å². The second-order valence-electron chi connectivity index (χ2n) is 7.77. The maximum atomic E-state index is 13.4. The molecule has 0 bridgehead atoms. The van der Waals surface area contributed by atoms with E-state index in [0.717, 1.165) is 16.5 Å². The first-order valence-corrected chi connectivity index (χ1v) is 11.2. The third-order valence-electron chi connectivity index (χ3n) is 5.58. The highest BCUT2D eigenvalue weighted by molar-refractivity contribution is 7.80. The molecule has 1 aliphatic rings. The lowest BCUT2D eigenvalue weighted by molar-refractivity contribution is -0.122. The molecule has 0 aliphatic carbocycles. The highest BCUT2D eigenvalue weighted by Crippen LogP contribution is 2.30. The van der Waals surface area contributed by atoms with Gasteiger partial charge in [0.1, 0.15) is 11.4 Å². The Morgan fingerprint density at radius 3 is 2.44 bits per heavy atom. The van der Waals surface area contributed by atoms with E-state index in [2.05, 4.69) is 5.32 Å². The van der Waals surface area contributed by atoms with Crippen molar-refractivity contribution < 1.29 is 14.0 Å². The molecular formula is C26H17ClFN3O2S. The number of rotatable bonds is 4. The number of nitrogens with zero attached hydrogens (tertiary/aromatic N) is 2. The van der Waals surface area contributed by atoms with Gasteiger partial charge in [0.25, 0.3) is 11.8 Å². The molecule has 0 spiro atoms. The number of carbonyl (C=O) groups excluding carboxylic acids is 2. The number of hydrogen-bond donors (Lipinski definition) is 1. The van der Waals surface area contributed by atoms with E-state index in [1.807, 2.05) is 35.0 Å². The molecule has 34 heavy (non-hydrogen) atoms. The summed E-state index contributed by atoms with van der Waals surface area (Å²) in [5.41, 5.74) is 2.87. The molecule has 1 fully saturated rings. The molecule has 2 heterocycles.